The second kappa shape index (κ2) is 7.37. The summed E-state index contributed by atoms with van der Waals surface area (Å²) in [6, 6.07) is 8.87. The van der Waals surface area contributed by atoms with Crippen molar-refractivity contribution < 1.29 is 14.6 Å². The molecule has 1 amide bonds. The zero-order valence-electron chi connectivity index (χ0n) is 14.0. The Morgan fingerprint density at radius 3 is 2.72 bits per heavy atom. The molecule has 0 aliphatic carbocycles. The third-order valence-electron chi connectivity index (χ3n) is 3.70. The van der Waals surface area contributed by atoms with Gasteiger partial charge in [0.2, 0.25) is 0 Å². The summed E-state index contributed by atoms with van der Waals surface area (Å²) in [5.74, 6) is 0.0633. The first-order valence-corrected chi connectivity index (χ1v) is 7.90. The number of rotatable bonds is 6. The first kappa shape index (κ1) is 17.0. The SMILES string of the molecule is CC(CO)OC(C)n1cnc2c(NC(=O)c3ccccc3)ncnc21. The fourth-order valence-electron chi connectivity index (χ4n) is 2.42. The third-order valence-corrected chi connectivity index (χ3v) is 3.70. The van der Waals surface area contributed by atoms with Crippen LogP contribution in [-0.2, 0) is 4.74 Å². The van der Waals surface area contributed by atoms with E-state index in [0.717, 1.165) is 0 Å². The van der Waals surface area contributed by atoms with E-state index in [1.807, 2.05) is 13.0 Å². The number of imidazole rings is 1. The van der Waals surface area contributed by atoms with Gasteiger partial charge in [-0.05, 0) is 26.0 Å². The number of ether oxygens (including phenoxy) is 1. The van der Waals surface area contributed by atoms with Crippen molar-refractivity contribution in [2.45, 2.75) is 26.2 Å². The van der Waals surface area contributed by atoms with Crippen LogP contribution in [0.15, 0.2) is 43.0 Å². The summed E-state index contributed by atoms with van der Waals surface area (Å²) < 4.78 is 7.39. The van der Waals surface area contributed by atoms with E-state index < -0.39 is 0 Å². The number of nitrogens with zero attached hydrogens (tertiary/aromatic N) is 4. The van der Waals surface area contributed by atoms with Crippen LogP contribution in [0.1, 0.15) is 30.4 Å². The van der Waals surface area contributed by atoms with Crippen LogP contribution in [0.5, 0.6) is 0 Å². The summed E-state index contributed by atoms with van der Waals surface area (Å²) in [6.45, 7) is 3.53. The lowest BCUT2D eigenvalue weighted by molar-refractivity contribution is -0.0542. The highest BCUT2D eigenvalue weighted by Crippen LogP contribution is 2.22. The number of aliphatic hydroxyl groups is 1. The minimum atomic E-state index is -0.375. The van der Waals surface area contributed by atoms with Gasteiger partial charge in [-0.3, -0.25) is 9.36 Å². The smallest absolute Gasteiger partial charge is 0.256 e. The number of carbonyl (C=O) groups excluding carboxylic acids is 1. The number of amides is 1. The van der Waals surface area contributed by atoms with Crippen molar-refractivity contribution in [2.75, 3.05) is 11.9 Å². The molecule has 3 rings (SSSR count). The van der Waals surface area contributed by atoms with E-state index in [4.69, 9.17) is 9.84 Å². The van der Waals surface area contributed by atoms with E-state index in [1.165, 1.54) is 6.33 Å². The molecule has 25 heavy (non-hydrogen) atoms. The summed E-state index contributed by atoms with van der Waals surface area (Å²) in [4.78, 5) is 25.0. The quantitative estimate of drug-likeness (QED) is 0.711. The van der Waals surface area contributed by atoms with E-state index in [9.17, 15) is 4.79 Å². The van der Waals surface area contributed by atoms with E-state index in [0.29, 0.717) is 22.5 Å². The van der Waals surface area contributed by atoms with E-state index in [2.05, 4.69) is 20.3 Å². The largest absolute Gasteiger partial charge is 0.394 e. The molecule has 8 heteroatoms. The Labute approximate surface area is 144 Å². The van der Waals surface area contributed by atoms with Crippen LogP contribution in [0.25, 0.3) is 11.2 Å². The summed E-state index contributed by atoms with van der Waals surface area (Å²) in [6.07, 6.45) is 2.25. The van der Waals surface area contributed by atoms with Crippen molar-refractivity contribution >= 4 is 22.9 Å². The number of hydrogen-bond donors (Lipinski definition) is 2. The Morgan fingerprint density at radius 2 is 2.00 bits per heavy atom. The normalized spacial score (nSPS) is 13.6. The highest BCUT2D eigenvalue weighted by molar-refractivity contribution is 6.06. The summed E-state index contributed by atoms with van der Waals surface area (Å²) in [5.41, 5.74) is 1.54. The number of hydrogen-bond acceptors (Lipinski definition) is 6. The molecule has 2 atom stereocenters. The molecule has 2 heterocycles. The molecular formula is C17H19N5O3. The maximum absolute atomic E-state index is 12.3. The molecule has 0 saturated heterocycles. The van der Waals surface area contributed by atoms with Gasteiger partial charge in [0.15, 0.2) is 17.0 Å². The number of anilines is 1. The molecule has 0 aliphatic rings. The van der Waals surface area contributed by atoms with Crippen molar-refractivity contribution in [3.63, 3.8) is 0 Å². The highest BCUT2D eigenvalue weighted by atomic mass is 16.5. The number of nitrogens with one attached hydrogen (secondary N) is 1. The molecule has 0 bridgehead atoms. The molecular weight excluding hydrogens is 322 g/mol. The summed E-state index contributed by atoms with van der Waals surface area (Å²) in [5, 5.41) is 11.9. The van der Waals surface area contributed by atoms with Crippen LogP contribution < -0.4 is 5.32 Å². The number of fused-ring (bicyclic) bond motifs is 1. The molecule has 0 spiro atoms. The number of carbonyl (C=O) groups is 1. The van der Waals surface area contributed by atoms with Gasteiger partial charge in [0.25, 0.3) is 5.91 Å². The van der Waals surface area contributed by atoms with Gasteiger partial charge >= 0.3 is 0 Å². The van der Waals surface area contributed by atoms with Gasteiger partial charge in [0, 0.05) is 5.56 Å². The van der Waals surface area contributed by atoms with Crippen LogP contribution >= 0.6 is 0 Å². The fourth-order valence-corrected chi connectivity index (χ4v) is 2.42. The zero-order valence-corrected chi connectivity index (χ0v) is 14.0. The van der Waals surface area contributed by atoms with Gasteiger partial charge in [0.05, 0.1) is 19.0 Å². The van der Waals surface area contributed by atoms with Gasteiger partial charge in [-0.1, -0.05) is 18.2 Å². The van der Waals surface area contributed by atoms with Gasteiger partial charge < -0.3 is 15.2 Å². The molecule has 2 N–H and O–H groups in total. The Hall–Kier alpha value is -2.84. The summed E-state index contributed by atoms with van der Waals surface area (Å²) in [7, 11) is 0. The average Bonchev–Trinajstić information content (AvgIpc) is 3.07. The van der Waals surface area contributed by atoms with Gasteiger partial charge in [-0.2, -0.15) is 0 Å². The Morgan fingerprint density at radius 1 is 1.24 bits per heavy atom. The van der Waals surface area contributed by atoms with Gasteiger partial charge in [0.1, 0.15) is 12.6 Å². The first-order chi connectivity index (χ1) is 12.1. The third kappa shape index (κ3) is 3.65. The average molecular weight is 341 g/mol. The topological polar surface area (TPSA) is 102 Å². The molecule has 0 aliphatic heterocycles. The second-order valence-corrected chi connectivity index (χ2v) is 5.60. The zero-order chi connectivity index (χ0) is 17.8. The van der Waals surface area contributed by atoms with Crippen molar-refractivity contribution in [3.05, 3.63) is 48.5 Å². The van der Waals surface area contributed by atoms with Crippen LogP contribution in [-0.4, -0.2) is 43.2 Å². The standard InChI is InChI=1S/C17H19N5O3/c1-11(8-23)25-12(2)22-10-20-14-15(18-9-19-16(14)22)21-17(24)13-6-4-3-5-7-13/h3-7,9-12,23H,8H2,1-2H3,(H,18,19,21,24). The second-order valence-electron chi connectivity index (χ2n) is 5.60. The predicted octanol–water partition coefficient (Wildman–Crippen LogP) is 1.99. The maximum atomic E-state index is 12.3. The molecule has 130 valence electrons. The maximum Gasteiger partial charge on any atom is 0.256 e. The number of benzene rings is 1. The van der Waals surface area contributed by atoms with Crippen molar-refractivity contribution in [2.24, 2.45) is 0 Å². The monoisotopic (exact) mass is 341 g/mol. The van der Waals surface area contributed by atoms with Crippen molar-refractivity contribution in [1.82, 2.24) is 19.5 Å². The lowest BCUT2D eigenvalue weighted by Gasteiger charge is -2.18. The van der Waals surface area contributed by atoms with Crippen LogP contribution in [0.4, 0.5) is 5.82 Å². The number of aromatic nitrogens is 4. The van der Waals surface area contributed by atoms with Crippen LogP contribution in [0.2, 0.25) is 0 Å². The fraction of sp³-hybridized carbons (Fsp3) is 0.294. The van der Waals surface area contributed by atoms with Gasteiger partial charge in [-0.15, -0.1) is 0 Å². The molecule has 0 fully saturated rings. The predicted molar refractivity (Wildman–Crippen MR) is 92.1 cm³/mol. The van der Waals surface area contributed by atoms with E-state index in [-0.39, 0.29) is 24.8 Å². The molecule has 3 aromatic rings. The minimum Gasteiger partial charge on any atom is -0.394 e. The van der Waals surface area contributed by atoms with Crippen LogP contribution in [0, 0.1) is 0 Å². The highest BCUT2D eigenvalue weighted by Gasteiger charge is 2.17. The minimum absolute atomic E-state index is 0.0790. The van der Waals surface area contributed by atoms with Crippen molar-refractivity contribution in [3.8, 4) is 0 Å². The van der Waals surface area contributed by atoms with Gasteiger partial charge in [-0.25, -0.2) is 15.0 Å². The number of aliphatic hydroxyl groups excluding tert-OH is 1. The summed E-state index contributed by atoms with van der Waals surface area (Å²) >= 11 is 0. The first-order valence-electron chi connectivity index (χ1n) is 7.90. The Balaban J connectivity index is 1.87. The molecule has 2 unspecified atom stereocenters. The van der Waals surface area contributed by atoms with E-state index in [1.54, 1.807) is 42.1 Å². The molecule has 8 nitrogen and oxygen atoms in total. The Bertz CT molecular complexity index is 865. The lowest BCUT2D eigenvalue weighted by atomic mass is 10.2. The van der Waals surface area contributed by atoms with E-state index >= 15 is 0 Å². The molecule has 2 aromatic heterocycles. The molecule has 0 radical (unpaired) electrons. The molecule has 0 saturated carbocycles. The van der Waals surface area contributed by atoms with Crippen LogP contribution in [0.3, 0.4) is 0 Å². The lowest BCUT2D eigenvalue weighted by Crippen LogP contribution is -2.19. The van der Waals surface area contributed by atoms with Crippen molar-refractivity contribution in [1.29, 1.82) is 0 Å². The molecule has 1 aromatic carbocycles. The Kier molecular flexibility index (Phi) is 5.01.